The predicted octanol–water partition coefficient (Wildman–Crippen LogP) is 1.70. The summed E-state index contributed by atoms with van der Waals surface area (Å²) >= 11 is 0. The second kappa shape index (κ2) is 9.95. The van der Waals surface area contributed by atoms with Gasteiger partial charge in [-0.3, -0.25) is 14.5 Å². The van der Waals surface area contributed by atoms with Crippen molar-refractivity contribution in [3.63, 3.8) is 0 Å². The Morgan fingerprint density at radius 2 is 1.62 bits per heavy atom. The lowest BCUT2D eigenvalue weighted by molar-refractivity contribution is -0.142. The third-order valence-corrected chi connectivity index (χ3v) is 5.48. The molecule has 4 N–H and O–H groups in total. The maximum absolute atomic E-state index is 12.6. The first-order valence-electron chi connectivity index (χ1n) is 10.1. The van der Waals surface area contributed by atoms with Crippen molar-refractivity contribution in [3.05, 3.63) is 59.7 Å². The van der Waals surface area contributed by atoms with Crippen LogP contribution in [0.5, 0.6) is 0 Å². The van der Waals surface area contributed by atoms with E-state index in [1.165, 1.54) is 7.05 Å². The van der Waals surface area contributed by atoms with Crippen molar-refractivity contribution >= 4 is 23.9 Å². The SMILES string of the molecule is CN(C(=O)OCC1c2ccccc2-c2ccccc21)C(CCC(=O)NCC(N)=O)C(=O)O. The monoisotopic (exact) mass is 439 g/mol. The number of hydrogen-bond acceptors (Lipinski definition) is 5. The zero-order chi connectivity index (χ0) is 23.3. The highest BCUT2D eigenvalue weighted by Gasteiger charge is 2.32. The molecule has 9 nitrogen and oxygen atoms in total. The molecule has 0 fully saturated rings. The van der Waals surface area contributed by atoms with Crippen molar-refractivity contribution in [2.24, 2.45) is 5.73 Å². The van der Waals surface area contributed by atoms with Gasteiger partial charge in [0.2, 0.25) is 11.8 Å². The molecule has 1 aliphatic carbocycles. The van der Waals surface area contributed by atoms with Crippen molar-refractivity contribution in [1.29, 1.82) is 0 Å². The van der Waals surface area contributed by atoms with Crippen LogP contribution >= 0.6 is 0 Å². The van der Waals surface area contributed by atoms with E-state index in [0.29, 0.717) is 0 Å². The number of nitrogens with zero attached hydrogens (tertiary/aromatic N) is 1. The highest BCUT2D eigenvalue weighted by atomic mass is 16.6. The fourth-order valence-electron chi connectivity index (χ4n) is 3.85. The summed E-state index contributed by atoms with van der Waals surface area (Å²) in [5.41, 5.74) is 9.23. The number of nitrogens with one attached hydrogen (secondary N) is 1. The average Bonchev–Trinajstić information content (AvgIpc) is 3.09. The Balaban J connectivity index is 1.62. The minimum atomic E-state index is -1.26. The van der Waals surface area contributed by atoms with Gasteiger partial charge in [0.05, 0.1) is 6.54 Å². The zero-order valence-electron chi connectivity index (χ0n) is 17.6. The number of ether oxygens (including phenoxy) is 1. The molecular weight excluding hydrogens is 414 g/mol. The molecule has 9 heteroatoms. The van der Waals surface area contributed by atoms with E-state index in [2.05, 4.69) is 5.32 Å². The summed E-state index contributed by atoms with van der Waals surface area (Å²) in [6, 6.07) is 14.5. The molecule has 0 spiro atoms. The van der Waals surface area contributed by atoms with Gasteiger partial charge in [0.15, 0.2) is 0 Å². The summed E-state index contributed by atoms with van der Waals surface area (Å²) < 4.78 is 5.48. The first-order valence-corrected chi connectivity index (χ1v) is 10.1. The molecule has 1 aliphatic rings. The maximum atomic E-state index is 12.6. The Hall–Kier alpha value is -3.88. The molecule has 2 aromatic carbocycles. The molecule has 0 aromatic heterocycles. The lowest BCUT2D eigenvalue weighted by Crippen LogP contribution is -2.44. The van der Waals surface area contributed by atoms with Crippen LogP contribution in [-0.2, 0) is 19.1 Å². The highest BCUT2D eigenvalue weighted by molar-refractivity contribution is 5.85. The van der Waals surface area contributed by atoms with Crippen LogP contribution in [0.4, 0.5) is 4.79 Å². The minimum Gasteiger partial charge on any atom is -0.480 e. The molecule has 168 valence electrons. The number of rotatable bonds is 9. The number of carbonyl (C=O) groups excluding carboxylic acids is 3. The first kappa shape index (κ1) is 22.8. The molecule has 3 amide bonds. The molecule has 2 aromatic rings. The lowest BCUT2D eigenvalue weighted by atomic mass is 9.98. The molecule has 1 atom stereocenters. The second-order valence-electron chi connectivity index (χ2n) is 7.55. The van der Waals surface area contributed by atoms with Gasteiger partial charge >= 0.3 is 12.1 Å². The van der Waals surface area contributed by atoms with Crippen LogP contribution in [0.1, 0.15) is 29.9 Å². The number of amides is 3. The van der Waals surface area contributed by atoms with E-state index < -0.39 is 29.9 Å². The summed E-state index contributed by atoms with van der Waals surface area (Å²) in [5, 5.41) is 11.8. The fourth-order valence-corrected chi connectivity index (χ4v) is 3.85. The summed E-state index contributed by atoms with van der Waals surface area (Å²) in [5.74, 6) is -2.65. The third-order valence-electron chi connectivity index (χ3n) is 5.48. The highest BCUT2D eigenvalue weighted by Crippen LogP contribution is 2.44. The van der Waals surface area contributed by atoms with Gasteiger partial charge in [0.25, 0.3) is 0 Å². The predicted molar refractivity (Wildman–Crippen MR) is 116 cm³/mol. The average molecular weight is 439 g/mol. The van der Waals surface area contributed by atoms with Crippen molar-refractivity contribution in [2.75, 3.05) is 20.2 Å². The fraction of sp³-hybridized carbons (Fsp3) is 0.304. The Bertz CT molecular complexity index is 992. The first-order chi connectivity index (χ1) is 15.3. The largest absolute Gasteiger partial charge is 0.480 e. The van der Waals surface area contributed by atoms with Gasteiger partial charge in [-0.25, -0.2) is 9.59 Å². The van der Waals surface area contributed by atoms with E-state index in [4.69, 9.17) is 10.5 Å². The van der Waals surface area contributed by atoms with Crippen LogP contribution in [0.2, 0.25) is 0 Å². The van der Waals surface area contributed by atoms with E-state index in [-0.39, 0.29) is 31.9 Å². The number of carbonyl (C=O) groups is 4. The number of aliphatic carboxylic acids is 1. The summed E-state index contributed by atoms with van der Waals surface area (Å²) in [7, 11) is 1.32. The summed E-state index contributed by atoms with van der Waals surface area (Å²) in [4.78, 5) is 47.7. The molecule has 0 aliphatic heterocycles. The zero-order valence-corrected chi connectivity index (χ0v) is 17.6. The Kier molecular flexibility index (Phi) is 7.09. The van der Waals surface area contributed by atoms with E-state index in [0.717, 1.165) is 27.2 Å². The van der Waals surface area contributed by atoms with Gasteiger partial charge < -0.3 is 20.9 Å². The van der Waals surface area contributed by atoms with Crippen molar-refractivity contribution in [1.82, 2.24) is 10.2 Å². The van der Waals surface area contributed by atoms with Crippen LogP contribution in [-0.4, -0.2) is 60.1 Å². The van der Waals surface area contributed by atoms with Crippen LogP contribution in [0.15, 0.2) is 48.5 Å². The van der Waals surface area contributed by atoms with Gasteiger partial charge in [-0.15, -0.1) is 0 Å². The van der Waals surface area contributed by atoms with Crippen molar-refractivity contribution < 1.29 is 29.0 Å². The molecule has 0 saturated heterocycles. The van der Waals surface area contributed by atoms with Gasteiger partial charge in [-0.1, -0.05) is 48.5 Å². The van der Waals surface area contributed by atoms with Crippen molar-refractivity contribution in [3.8, 4) is 11.1 Å². The third kappa shape index (κ3) is 5.05. The van der Waals surface area contributed by atoms with Gasteiger partial charge in [0, 0.05) is 19.4 Å². The van der Waals surface area contributed by atoms with Gasteiger partial charge in [-0.05, 0) is 28.7 Å². The number of benzene rings is 2. The number of nitrogens with two attached hydrogens (primary N) is 1. The maximum Gasteiger partial charge on any atom is 0.410 e. The van der Waals surface area contributed by atoms with Crippen LogP contribution in [0.3, 0.4) is 0 Å². The Morgan fingerprint density at radius 3 is 2.16 bits per heavy atom. The molecule has 0 heterocycles. The van der Waals surface area contributed by atoms with E-state index in [9.17, 15) is 24.3 Å². The smallest absolute Gasteiger partial charge is 0.410 e. The summed E-state index contributed by atoms with van der Waals surface area (Å²) in [6.45, 7) is -0.276. The number of likely N-dealkylation sites (N-methyl/N-ethyl adjacent to an activating group) is 1. The Morgan fingerprint density at radius 1 is 1.06 bits per heavy atom. The number of carboxylic acids is 1. The second-order valence-corrected chi connectivity index (χ2v) is 7.55. The molecular formula is C23H25N3O6. The minimum absolute atomic E-state index is 0.0582. The molecule has 0 saturated carbocycles. The molecule has 1 unspecified atom stereocenters. The number of carboxylic acid groups (broad SMARTS) is 1. The van der Waals surface area contributed by atoms with Crippen LogP contribution < -0.4 is 11.1 Å². The quantitative estimate of drug-likeness (QED) is 0.543. The molecule has 32 heavy (non-hydrogen) atoms. The van der Waals surface area contributed by atoms with Crippen LogP contribution in [0, 0.1) is 0 Å². The van der Waals surface area contributed by atoms with Crippen LogP contribution in [0.25, 0.3) is 11.1 Å². The Labute approximate surface area is 185 Å². The standard InChI is InChI=1S/C23H25N3O6/c1-26(19(22(29)30)10-11-21(28)25-12-20(24)27)23(31)32-13-18-16-8-4-2-6-14(16)15-7-3-5-9-17(15)18/h2-9,18-19H,10-13H2,1H3,(H2,24,27)(H,25,28)(H,29,30). The summed E-state index contributed by atoms with van der Waals surface area (Å²) in [6.07, 6.45) is -1.12. The normalized spacial score (nSPS) is 12.9. The molecule has 0 radical (unpaired) electrons. The van der Waals surface area contributed by atoms with E-state index in [1.807, 2.05) is 48.5 Å². The lowest BCUT2D eigenvalue weighted by Gasteiger charge is -2.25. The van der Waals surface area contributed by atoms with Gasteiger partial charge in [-0.2, -0.15) is 0 Å². The van der Waals surface area contributed by atoms with E-state index >= 15 is 0 Å². The number of fused-ring (bicyclic) bond motifs is 3. The van der Waals surface area contributed by atoms with Crippen molar-refractivity contribution in [2.45, 2.75) is 24.8 Å². The molecule has 0 bridgehead atoms. The molecule has 3 rings (SSSR count). The van der Waals surface area contributed by atoms with Gasteiger partial charge in [0.1, 0.15) is 12.6 Å². The number of hydrogen-bond donors (Lipinski definition) is 3. The van der Waals surface area contributed by atoms with E-state index in [1.54, 1.807) is 0 Å². The number of primary amides is 1. The topological polar surface area (TPSA) is 139 Å².